The van der Waals surface area contributed by atoms with Crippen LogP contribution in [0.1, 0.15) is 43.7 Å². The van der Waals surface area contributed by atoms with Crippen LogP contribution in [0, 0.1) is 0 Å². The maximum absolute atomic E-state index is 12.4. The highest BCUT2D eigenvalue weighted by Crippen LogP contribution is 2.32. The van der Waals surface area contributed by atoms with Crippen molar-refractivity contribution in [1.82, 2.24) is 29.5 Å². The van der Waals surface area contributed by atoms with Crippen LogP contribution in [-0.4, -0.2) is 75.1 Å². The molecule has 0 aliphatic carbocycles. The highest BCUT2D eigenvalue weighted by molar-refractivity contribution is 6.02. The molecule has 4 heterocycles. The van der Waals surface area contributed by atoms with Gasteiger partial charge in [-0.05, 0) is 67.7 Å². The number of nitrogens with one attached hydrogen (secondary N) is 2. The molecule has 1 aliphatic rings. The van der Waals surface area contributed by atoms with E-state index in [4.69, 9.17) is 15.7 Å². The van der Waals surface area contributed by atoms with Gasteiger partial charge in [-0.25, -0.2) is 0 Å². The van der Waals surface area contributed by atoms with Crippen molar-refractivity contribution in [3.63, 3.8) is 0 Å². The highest BCUT2D eigenvalue weighted by atomic mass is 16.1. The summed E-state index contributed by atoms with van der Waals surface area (Å²) >= 11 is 0. The van der Waals surface area contributed by atoms with E-state index in [-0.39, 0.29) is 17.9 Å². The number of benzene rings is 2. The Balaban J connectivity index is 1.28. The minimum Gasteiger partial charge on any atom is -0.350 e. The second kappa shape index (κ2) is 13.6. The number of piperidine rings is 1. The van der Waals surface area contributed by atoms with Crippen molar-refractivity contribution < 1.29 is 4.79 Å². The van der Waals surface area contributed by atoms with E-state index in [0.717, 1.165) is 64.7 Å². The monoisotopic (exact) mass is 618 g/mol. The van der Waals surface area contributed by atoms with Crippen LogP contribution in [0.3, 0.4) is 0 Å². The van der Waals surface area contributed by atoms with Crippen molar-refractivity contribution in [3.05, 3.63) is 84.2 Å². The number of hydrogen-bond donors (Lipinski definition) is 3. The molecule has 3 aromatic heterocycles. The number of nitrogens with two attached hydrogens (primary N) is 1. The van der Waals surface area contributed by atoms with Gasteiger partial charge in [-0.1, -0.05) is 50.3 Å². The average Bonchev–Trinajstić information content (AvgIpc) is 3.48. The molecule has 0 saturated carbocycles. The standard InChI is InChI=1S/C35H42N10O/c1-23(2)30-22-39-45-33(30)41-35(44-18-14-25(36)15-19-44)42-34(45)38-21-24-8-5-6-9-27(24)28-13-16-37-31-20-26(11-12-29(28)31)40-32(46)10-7-17-43(3)4/h5-13,16,20,22-23,25H,14-15,17-19,21,36H2,1-4H3,(H,40,46)(H,38,41,42)/b10-7+. The molecule has 6 rings (SSSR count). The summed E-state index contributed by atoms with van der Waals surface area (Å²) in [5, 5.41) is 12.2. The van der Waals surface area contributed by atoms with Crippen LogP contribution < -0.4 is 21.3 Å². The lowest BCUT2D eigenvalue weighted by Crippen LogP contribution is -2.40. The van der Waals surface area contributed by atoms with Crippen molar-refractivity contribution in [3.8, 4) is 11.1 Å². The maximum atomic E-state index is 12.4. The Hall–Kier alpha value is -4.87. The van der Waals surface area contributed by atoms with Crippen molar-refractivity contribution in [2.24, 2.45) is 5.73 Å². The van der Waals surface area contributed by atoms with E-state index in [1.807, 2.05) is 78.4 Å². The number of rotatable bonds is 10. The third kappa shape index (κ3) is 6.85. The second-order valence-electron chi connectivity index (χ2n) is 12.4. The SMILES string of the molecule is CC(C)c1cnn2c(NCc3ccccc3-c3ccnc4cc(NC(=O)/C=C/CN(C)C)ccc34)nc(N3CCC(N)CC3)nc12. The van der Waals surface area contributed by atoms with Gasteiger partial charge in [-0.3, -0.25) is 9.78 Å². The summed E-state index contributed by atoms with van der Waals surface area (Å²) < 4.78 is 1.81. The Morgan fingerprint density at radius 2 is 1.89 bits per heavy atom. The van der Waals surface area contributed by atoms with E-state index in [0.29, 0.717) is 30.7 Å². The molecule has 1 saturated heterocycles. The maximum Gasteiger partial charge on any atom is 0.248 e. The molecule has 0 atom stereocenters. The molecule has 4 N–H and O–H groups in total. The van der Waals surface area contributed by atoms with Gasteiger partial charge in [-0.2, -0.15) is 19.6 Å². The molecular formula is C35H42N10O. The van der Waals surface area contributed by atoms with Gasteiger partial charge in [0.15, 0.2) is 5.65 Å². The first kappa shape index (κ1) is 31.1. The normalized spacial score (nSPS) is 14.3. The van der Waals surface area contributed by atoms with Crippen LogP contribution in [0.5, 0.6) is 0 Å². The Labute approximate surface area is 269 Å². The number of likely N-dealkylation sites (N-methyl/N-ethyl adjacent to an activating group) is 1. The minimum atomic E-state index is -0.169. The summed E-state index contributed by atoms with van der Waals surface area (Å²) in [5.74, 6) is 1.46. The van der Waals surface area contributed by atoms with E-state index in [2.05, 4.69) is 51.6 Å². The number of pyridine rings is 1. The van der Waals surface area contributed by atoms with Gasteiger partial charge in [0.1, 0.15) is 0 Å². The number of nitrogens with zero attached hydrogens (tertiary/aromatic N) is 7. The first-order valence-corrected chi connectivity index (χ1v) is 15.9. The molecule has 0 radical (unpaired) electrons. The summed E-state index contributed by atoms with van der Waals surface area (Å²) in [7, 11) is 3.92. The van der Waals surface area contributed by atoms with Crippen LogP contribution in [-0.2, 0) is 11.3 Å². The summed E-state index contributed by atoms with van der Waals surface area (Å²) in [6, 6.07) is 16.4. The van der Waals surface area contributed by atoms with E-state index in [1.165, 1.54) is 0 Å². The number of aromatic nitrogens is 5. The molecule has 0 unspecified atom stereocenters. The lowest BCUT2D eigenvalue weighted by atomic mass is 9.96. The van der Waals surface area contributed by atoms with Gasteiger partial charge < -0.3 is 26.2 Å². The number of anilines is 3. The fourth-order valence-electron chi connectivity index (χ4n) is 5.77. The molecule has 11 heteroatoms. The van der Waals surface area contributed by atoms with E-state index in [9.17, 15) is 4.79 Å². The lowest BCUT2D eigenvalue weighted by molar-refractivity contribution is -0.111. The lowest BCUT2D eigenvalue weighted by Gasteiger charge is -2.30. The molecule has 2 aromatic carbocycles. The Morgan fingerprint density at radius 1 is 1.09 bits per heavy atom. The zero-order chi connectivity index (χ0) is 32.2. The molecule has 1 fully saturated rings. The summed E-state index contributed by atoms with van der Waals surface area (Å²) in [5.41, 5.74) is 12.8. The third-order valence-electron chi connectivity index (χ3n) is 8.32. The van der Waals surface area contributed by atoms with E-state index < -0.39 is 0 Å². The summed E-state index contributed by atoms with van der Waals surface area (Å²) in [6.45, 7) is 7.20. The third-order valence-corrected chi connectivity index (χ3v) is 8.32. The van der Waals surface area contributed by atoms with Crippen LogP contribution in [0.25, 0.3) is 27.7 Å². The molecule has 11 nitrogen and oxygen atoms in total. The fourth-order valence-corrected chi connectivity index (χ4v) is 5.77. The van der Waals surface area contributed by atoms with Crippen molar-refractivity contribution in [2.75, 3.05) is 49.3 Å². The highest BCUT2D eigenvalue weighted by Gasteiger charge is 2.22. The molecule has 1 aliphatic heterocycles. The average molecular weight is 619 g/mol. The molecular weight excluding hydrogens is 576 g/mol. The minimum absolute atomic E-state index is 0.169. The number of carbonyl (C=O) groups is 1. The molecule has 238 valence electrons. The Kier molecular flexibility index (Phi) is 9.23. The Morgan fingerprint density at radius 3 is 2.67 bits per heavy atom. The molecule has 46 heavy (non-hydrogen) atoms. The van der Waals surface area contributed by atoms with Gasteiger partial charge in [0.25, 0.3) is 0 Å². The first-order chi connectivity index (χ1) is 22.3. The largest absolute Gasteiger partial charge is 0.350 e. The predicted molar refractivity (Wildman–Crippen MR) is 185 cm³/mol. The zero-order valence-electron chi connectivity index (χ0n) is 26.9. The van der Waals surface area contributed by atoms with Gasteiger partial charge in [0, 0.05) is 61.1 Å². The molecule has 1 amide bonds. The topological polar surface area (TPSA) is 130 Å². The number of hydrogen-bond acceptors (Lipinski definition) is 9. The molecule has 5 aromatic rings. The van der Waals surface area contributed by atoms with Crippen molar-refractivity contribution in [2.45, 2.75) is 45.2 Å². The summed E-state index contributed by atoms with van der Waals surface area (Å²) in [6.07, 6.45) is 8.94. The summed E-state index contributed by atoms with van der Waals surface area (Å²) in [4.78, 5) is 31.2. The van der Waals surface area contributed by atoms with Gasteiger partial charge >= 0.3 is 0 Å². The van der Waals surface area contributed by atoms with Gasteiger partial charge in [0.2, 0.25) is 17.8 Å². The van der Waals surface area contributed by atoms with Crippen LogP contribution in [0.2, 0.25) is 0 Å². The van der Waals surface area contributed by atoms with Crippen molar-refractivity contribution in [1.29, 1.82) is 0 Å². The first-order valence-electron chi connectivity index (χ1n) is 15.9. The number of amides is 1. The number of carbonyl (C=O) groups excluding carboxylic acids is 1. The van der Waals surface area contributed by atoms with Crippen LogP contribution in [0.15, 0.2) is 73.1 Å². The smallest absolute Gasteiger partial charge is 0.248 e. The van der Waals surface area contributed by atoms with Crippen molar-refractivity contribution >= 4 is 40.0 Å². The zero-order valence-corrected chi connectivity index (χ0v) is 26.9. The van der Waals surface area contributed by atoms with E-state index >= 15 is 0 Å². The Bertz CT molecular complexity index is 1870. The van der Waals surface area contributed by atoms with Crippen LogP contribution in [0.4, 0.5) is 17.6 Å². The quantitative estimate of drug-likeness (QED) is 0.184. The van der Waals surface area contributed by atoms with Crippen LogP contribution >= 0.6 is 0 Å². The second-order valence-corrected chi connectivity index (χ2v) is 12.4. The van der Waals surface area contributed by atoms with E-state index in [1.54, 1.807) is 6.08 Å². The van der Waals surface area contributed by atoms with Gasteiger partial charge in [0.05, 0.1) is 11.7 Å². The van der Waals surface area contributed by atoms with Gasteiger partial charge in [-0.15, -0.1) is 0 Å². The fraction of sp³-hybridized carbons (Fsp3) is 0.343. The number of fused-ring (bicyclic) bond motifs is 2. The molecule has 0 bridgehead atoms. The molecule has 0 spiro atoms. The predicted octanol–water partition coefficient (Wildman–Crippen LogP) is 5.06.